The summed E-state index contributed by atoms with van der Waals surface area (Å²) in [6, 6.07) is 11.4. The van der Waals surface area contributed by atoms with Crippen molar-refractivity contribution in [3.8, 4) is 28.2 Å². The first-order valence-electron chi connectivity index (χ1n) is 10.4. The summed E-state index contributed by atoms with van der Waals surface area (Å²) in [5.74, 6) is -1.71. The zero-order valence-electron chi connectivity index (χ0n) is 17.7. The normalized spacial score (nSPS) is 12.8. The molecule has 0 bridgehead atoms. The molecule has 1 aliphatic rings. The van der Waals surface area contributed by atoms with Gasteiger partial charge in [-0.15, -0.1) is 5.10 Å². The highest BCUT2D eigenvalue weighted by molar-refractivity contribution is 5.95. The Bertz CT molecular complexity index is 1390. The number of carbonyl (C=O) groups is 1. The molecular formula is C23H19F2N7O. The van der Waals surface area contributed by atoms with E-state index in [1.165, 1.54) is 12.1 Å². The molecule has 1 aliphatic heterocycles. The molecule has 2 aromatic carbocycles. The lowest BCUT2D eigenvalue weighted by Crippen LogP contribution is -2.27. The van der Waals surface area contributed by atoms with E-state index >= 15 is 0 Å². The van der Waals surface area contributed by atoms with Gasteiger partial charge in [0.05, 0.1) is 5.56 Å². The van der Waals surface area contributed by atoms with E-state index < -0.39 is 11.6 Å². The van der Waals surface area contributed by atoms with E-state index in [0.717, 1.165) is 39.5 Å². The number of pyridine rings is 1. The van der Waals surface area contributed by atoms with Gasteiger partial charge >= 0.3 is 0 Å². The smallest absolute Gasteiger partial charge is 0.226 e. The van der Waals surface area contributed by atoms with Crippen molar-refractivity contribution in [2.24, 2.45) is 0 Å². The Labute approximate surface area is 187 Å². The van der Waals surface area contributed by atoms with Gasteiger partial charge in [-0.3, -0.25) is 4.79 Å². The van der Waals surface area contributed by atoms with Crippen LogP contribution in [0.3, 0.4) is 0 Å². The van der Waals surface area contributed by atoms with Crippen molar-refractivity contribution in [3.63, 3.8) is 0 Å². The molecule has 3 heterocycles. The zero-order chi connectivity index (χ0) is 23.1. The minimum atomic E-state index is -1.07. The fraction of sp³-hybridized carbons (Fsp3) is 0.174. The highest BCUT2D eigenvalue weighted by Crippen LogP contribution is 2.35. The summed E-state index contributed by atoms with van der Waals surface area (Å²) in [6.07, 6.45) is 2.84. The van der Waals surface area contributed by atoms with Crippen LogP contribution in [0, 0.1) is 11.6 Å². The Balaban J connectivity index is 1.56. The molecule has 0 fully saturated rings. The van der Waals surface area contributed by atoms with Gasteiger partial charge in [0.15, 0.2) is 17.5 Å². The third kappa shape index (κ3) is 3.49. The van der Waals surface area contributed by atoms with Crippen molar-refractivity contribution < 1.29 is 13.6 Å². The third-order valence-electron chi connectivity index (χ3n) is 5.70. The summed E-state index contributed by atoms with van der Waals surface area (Å²) in [7, 11) is 0. The maximum Gasteiger partial charge on any atom is 0.226 e. The van der Waals surface area contributed by atoms with Crippen LogP contribution in [0.2, 0.25) is 0 Å². The number of rotatable bonds is 4. The summed E-state index contributed by atoms with van der Waals surface area (Å²) < 4.78 is 29.2. The molecule has 0 atom stereocenters. The van der Waals surface area contributed by atoms with Gasteiger partial charge in [0.1, 0.15) is 11.5 Å². The van der Waals surface area contributed by atoms with Gasteiger partial charge in [0.2, 0.25) is 5.91 Å². The van der Waals surface area contributed by atoms with Gasteiger partial charge in [0, 0.05) is 30.4 Å². The summed E-state index contributed by atoms with van der Waals surface area (Å²) in [6.45, 7) is 2.50. The van der Waals surface area contributed by atoms with E-state index in [4.69, 9.17) is 5.73 Å². The Morgan fingerprint density at radius 2 is 1.97 bits per heavy atom. The molecule has 1 amide bonds. The number of fused-ring (bicyclic) bond motifs is 1. The number of nitrogen functional groups attached to an aromatic ring is 1. The lowest BCUT2D eigenvalue weighted by atomic mass is 10.0. The first-order chi connectivity index (χ1) is 16.0. The molecule has 0 radical (unpaired) electrons. The van der Waals surface area contributed by atoms with Crippen molar-refractivity contribution in [3.05, 3.63) is 65.9 Å². The van der Waals surface area contributed by atoms with Gasteiger partial charge in [-0.25, -0.2) is 13.8 Å². The fourth-order valence-corrected chi connectivity index (χ4v) is 4.02. The van der Waals surface area contributed by atoms with Gasteiger partial charge in [-0.1, -0.05) is 19.1 Å². The number of halogens is 2. The number of aromatic nitrogens is 5. The maximum absolute atomic E-state index is 14.4. The van der Waals surface area contributed by atoms with E-state index in [9.17, 15) is 13.6 Å². The van der Waals surface area contributed by atoms with Crippen LogP contribution < -0.4 is 10.6 Å². The molecule has 0 aliphatic carbocycles. The van der Waals surface area contributed by atoms with E-state index in [1.54, 1.807) is 17.2 Å². The van der Waals surface area contributed by atoms with Crippen LogP contribution >= 0.6 is 0 Å². The molecule has 2 aromatic heterocycles. The number of amides is 1. The highest BCUT2D eigenvalue weighted by atomic mass is 19.2. The number of nitrogens with zero attached hydrogens (tertiary/aromatic N) is 6. The Kier molecular flexibility index (Phi) is 5.04. The number of tetrazole rings is 1. The van der Waals surface area contributed by atoms with Crippen LogP contribution in [0.1, 0.15) is 18.9 Å². The molecule has 0 saturated heterocycles. The zero-order valence-corrected chi connectivity index (χ0v) is 17.7. The molecule has 166 valence electrons. The molecule has 0 saturated carbocycles. The summed E-state index contributed by atoms with van der Waals surface area (Å²) in [4.78, 5) is 18.2. The molecule has 33 heavy (non-hydrogen) atoms. The van der Waals surface area contributed by atoms with Crippen molar-refractivity contribution >= 4 is 17.4 Å². The first-order valence-corrected chi connectivity index (χ1v) is 10.4. The monoisotopic (exact) mass is 447 g/mol. The second kappa shape index (κ2) is 8.05. The van der Waals surface area contributed by atoms with Crippen molar-refractivity contribution in [1.29, 1.82) is 0 Å². The Morgan fingerprint density at radius 3 is 2.79 bits per heavy atom. The van der Waals surface area contributed by atoms with Crippen LogP contribution in [0.5, 0.6) is 0 Å². The first kappa shape index (κ1) is 20.7. The second-order valence-electron chi connectivity index (χ2n) is 7.64. The van der Waals surface area contributed by atoms with Crippen LogP contribution in [0.15, 0.2) is 48.7 Å². The lowest BCUT2D eigenvalue weighted by molar-refractivity contribution is -0.118. The topological polar surface area (TPSA) is 103 Å². The average molecular weight is 447 g/mol. The number of hydrogen-bond donors (Lipinski definition) is 1. The molecule has 5 rings (SSSR count). The Hall–Kier alpha value is -4.21. The van der Waals surface area contributed by atoms with Gasteiger partial charge in [0.25, 0.3) is 0 Å². The average Bonchev–Trinajstić information content (AvgIpc) is 3.47. The largest absolute Gasteiger partial charge is 0.383 e. The summed E-state index contributed by atoms with van der Waals surface area (Å²) in [5, 5.41) is 11.4. The minimum absolute atomic E-state index is 0.0920. The molecule has 8 nitrogen and oxygen atoms in total. The van der Waals surface area contributed by atoms with Crippen molar-refractivity contribution in [2.45, 2.75) is 19.8 Å². The predicted octanol–water partition coefficient (Wildman–Crippen LogP) is 3.55. The lowest BCUT2D eigenvalue weighted by Gasteiger charge is -2.16. The van der Waals surface area contributed by atoms with Gasteiger partial charge in [-0.2, -0.15) is 4.68 Å². The van der Waals surface area contributed by atoms with E-state index in [0.29, 0.717) is 18.5 Å². The molecule has 10 heteroatoms. The SMILES string of the molecule is CCC(=O)N1CCc2cc(-c3cnc(N)c(-c4nnnn4-c4cccc(F)c4F)c3)ccc21. The van der Waals surface area contributed by atoms with Crippen LogP contribution in [0.25, 0.3) is 28.2 Å². The number of hydrogen-bond acceptors (Lipinski definition) is 6. The number of nitrogens with two attached hydrogens (primary N) is 1. The molecule has 2 N–H and O–H groups in total. The number of carbonyl (C=O) groups excluding carboxylic acids is 1. The fourth-order valence-electron chi connectivity index (χ4n) is 4.02. The van der Waals surface area contributed by atoms with Crippen LogP contribution in [-0.4, -0.2) is 37.6 Å². The standard InChI is InChI=1S/C23H19F2N7O/c1-2-20(33)31-9-8-14-10-13(6-7-18(14)31)15-11-16(22(26)27-12-15)23-28-29-30-32(23)19-5-3-4-17(24)21(19)25/h3-7,10-12H,2,8-9H2,1H3,(H2,26,27). The van der Waals surface area contributed by atoms with Crippen molar-refractivity contribution in [1.82, 2.24) is 25.2 Å². The summed E-state index contributed by atoms with van der Waals surface area (Å²) in [5.41, 5.74) is 9.95. The van der Waals surface area contributed by atoms with Crippen LogP contribution in [0.4, 0.5) is 20.3 Å². The maximum atomic E-state index is 14.4. The second-order valence-corrected chi connectivity index (χ2v) is 7.64. The van der Waals surface area contributed by atoms with E-state index in [2.05, 4.69) is 20.5 Å². The quantitative estimate of drug-likeness (QED) is 0.513. The van der Waals surface area contributed by atoms with Crippen molar-refractivity contribution in [2.75, 3.05) is 17.2 Å². The van der Waals surface area contributed by atoms with Gasteiger partial charge in [-0.05, 0) is 58.3 Å². The molecule has 0 spiro atoms. The van der Waals surface area contributed by atoms with Crippen LogP contribution in [-0.2, 0) is 11.2 Å². The number of benzene rings is 2. The highest BCUT2D eigenvalue weighted by Gasteiger charge is 2.24. The van der Waals surface area contributed by atoms with E-state index in [-0.39, 0.29) is 23.2 Å². The third-order valence-corrected chi connectivity index (χ3v) is 5.70. The minimum Gasteiger partial charge on any atom is -0.383 e. The van der Waals surface area contributed by atoms with E-state index in [1.807, 2.05) is 25.1 Å². The Morgan fingerprint density at radius 1 is 1.12 bits per heavy atom. The summed E-state index contributed by atoms with van der Waals surface area (Å²) >= 11 is 0. The van der Waals surface area contributed by atoms with Gasteiger partial charge < -0.3 is 10.6 Å². The predicted molar refractivity (Wildman–Crippen MR) is 118 cm³/mol. The molecule has 0 unspecified atom stereocenters. The molecular weight excluding hydrogens is 428 g/mol. The number of anilines is 2. The molecule has 4 aromatic rings.